The zero-order valence-corrected chi connectivity index (χ0v) is 16.8. The molecule has 0 aromatic heterocycles. The molecule has 2 unspecified atom stereocenters. The summed E-state index contributed by atoms with van der Waals surface area (Å²) in [6, 6.07) is 8.98. The van der Waals surface area contributed by atoms with Crippen LogP contribution in [0, 0.1) is 5.92 Å². The first-order valence-corrected chi connectivity index (χ1v) is 10.4. The Morgan fingerprint density at radius 3 is 2.42 bits per heavy atom. The summed E-state index contributed by atoms with van der Waals surface area (Å²) in [4.78, 5) is 4.89. The molecule has 4 heteroatoms. The van der Waals surface area contributed by atoms with Gasteiger partial charge in [-0.1, -0.05) is 13.3 Å². The van der Waals surface area contributed by atoms with Crippen LogP contribution >= 0.6 is 0 Å². The van der Waals surface area contributed by atoms with E-state index in [4.69, 9.17) is 0 Å². The van der Waals surface area contributed by atoms with Crippen LogP contribution in [0.3, 0.4) is 0 Å². The van der Waals surface area contributed by atoms with Gasteiger partial charge in [0.15, 0.2) is 0 Å². The summed E-state index contributed by atoms with van der Waals surface area (Å²) in [6.07, 6.45) is 11.7. The van der Waals surface area contributed by atoms with Gasteiger partial charge in [-0.3, -0.25) is 0 Å². The average Bonchev–Trinajstić information content (AvgIpc) is 2.69. The lowest BCUT2D eigenvalue weighted by Gasteiger charge is -2.38. The molecule has 1 aromatic carbocycles. The van der Waals surface area contributed by atoms with Gasteiger partial charge in [0.25, 0.3) is 0 Å². The van der Waals surface area contributed by atoms with Crippen LogP contribution in [0.5, 0.6) is 0 Å². The van der Waals surface area contributed by atoms with Crippen molar-refractivity contribution in [3.63, 3.8) is 0 Å². The van der Waals surface area contributed by atoms with Crippen molar-refractivity contribution >= 4 is 11.4 Å². The molecule has 0 saturated carbocycles. The first kappa shape index (κ1) is 19.1. The van der Waals surface area contributed by atoms with Gasteiger partial charge in [0, 0.05) is 31.5 Å². The lowest BCUT2D eigenvalue weighted by Crippen LogP contribution is -2.48. The van der Waals surface area contributed by atoms with Gasteiger partial charge in [-0.2, -0.15) is 0 Å². The third-order valence-electron chi connectivity index (χ3n) is 6.04. The molecular formula is C22H36N4. The number of hydrogen-bond donors (Lipinski definition) is 2. The van der Waals surface area contributed by atoms with Crippen LogP contribution in [-0.2, 0) is 0 Å². The fraction of sp³-hybridized carbons (Fsp3) is 0.636. The molecule has 0 bridgehead atoms. The third-order valence-corrected chi connectivity index (χ3v) is 6.04. The zero-order valence-electron chi connectivity index (χ0n) is 16.8. The Bertz CT molecular complexity index is 574. The monoisotopic (exact) mass is 356 g/mol. The fourth-order valence-electron chi connectivity index (χ4n) is 4.44. The minimum Gasteiger partial charge on any atom is -0.372 e. The van der Waals surface area contributed by atoms with Crippen molar-refractivity contribution in [2.75, 3.05) is 37.4 Å². The highest BCUT2D eigenvalue weighted by atomic mass is 15.3. The number of benzene rings is 1. The molecule has 2 aliphatic heterocycles. The number of nitrogens with one attached hydrogen (secondary N) is 2. The van der Waals surface area contributed by atoms with Crippen molar-refractivity contribution in [1.82, 2.24) is 10.2 Å². The fourth-order valence-corrected chi connectivity index (χ4v) is 4.44. The number of piperidine rings is 1. The van der Waals surface area contributed by atoms with E-state index in [2.05, 4.69) is 71.8 Å². The van der Waals surface area contributed by atoms with E-state index in [1.54, 1.807) is 0 Å². The molecule has 2 atom stereocenters. The second-order valence-electron chi connectivity index (χ2n) is 7.75. The Hall–Kier alpha value is -1.68. The molecule has 1 saturated heterocycles. The number of allylic oxidation sites excluding steroid dienone is 1. The number of hydrogen-bond acceptors (Lipinski definition) is 4. The highest BCUT2D eigenvalue weighted by molar-refractivity contribution is 5.57. The van der Waals surface area contributed by atoms with Crippen molar-refractivity contribution in [3.05, 3.63) is 36.2 Å². The summed E-state index contributed by atoms with van der Waals surface area (Å²) in [6.45, 7) is 4.70. The van der Waals surface area contributed by atoms with Crippen LogP contribution in [0.4, 0.5) is 11.4 Å². The van der Waals surface area contributed by atoms with Crippen LogP contribution in [0.25, 0.3) is 0 Å². The van der Waals surface area contributed by atoms with Gasteiger partial charge in [0.1, 0.15) is 5.82 Å². The molecule has 0 aliphatic carbocycles. The molecule has 2 N–H and O–H groups in total. The molecule has 0 radical (unpaired) electrons. The second kappa shape index (κ2) is 9.31. The van der Waals surface area contributed by atoms with E-state index in [1.165, 1.54) is 68.8 Å². The lowest BCUT2D eigenvalue weighted by molar-refractivity contribution is 0.168. The van der Waals surface area contributed by atoms with Crippen LogP contribution in [0.1, 0.15) is 51.9 Å². The quantitative estimate of drug-likeness (QED) is 0.806. The Kier molecular flexibility index (Phi) is 6.84. The molecule has 4 nitrogen and oxygen atoms in total. The minimum absolute atomic E-state index is 0.381. The highest BCUT2D eigenvalue weighted by Gasteiger charge is 2.25. The van der Waals surface area contributed by atoms with E-state index in [0.717, 1.165) is 6.42 Å². The maximum atomic E-state index is 3.67. The smallest absolute Gasteiger partial charge is 0.103 e. The first-order valence-electron chi connectivity index (χ1n) is 10.4. The second-order valence-corrected chi connectivity index (χ2v) is 7.75. The van der Waals surface area contributed by atoms with Gasteiger partial charge in [-0.15, -0.1) is 0 Å². The van der Waals surface area contributed by atoms with Gasteiger partial charge in [0.05, 0.1) is 6.17 Å². The predicted octanol–water partition coefficient (Wildman–Crippen LogP) is 4.62. The molecule has 26 heavy (non-hydrogen) atoms. The third kappa shape index (κ3) is 4.53. The molecule has 1 aromatic rings. The van der Waals surface area contributed by atoms with Gasteiger partial charge in [-0.25, -0.2) is 0 Å². The molecular weight excluding hydrogens is 320 g/mol. The van der Waals surface area contributed by atoms with E-state index in [1.807, 2.05) is 0 Å². The molecule has 0 spiro atoms. The molecule has 3 rings (SSSR count). The van der Waals surface area contributed by atoms with Crippen LogP contribution in [0.2, 0.25) is 0 Å². The van der Waals surface area contributed by atoms with Crippen molar-refractivity contribution in [2.24, 2.45) is 5.92 Å². The largest absolute Gasteiger partial charge is 0.372 e. The van der Waals surface area contributed by atoms with Crippen molar-refractivity contribution in [1.29, 1.82) is 0 Å². The Morgan fingerprint density at radius 2 is 1.77 bits per heavy atom. The highest BCUT2D eigenvalue weighted by Crippen LogP contribution is 2.27. The summed E-state index contributed by atoms with van der Waals surface area (Å²) in [5.74, 6) is 1.91. The van der Waals surface area contributed by atoms with Crippen molar-refractivity contribution in [2.45, 2.75) is 58.0 Å². The van der Waals surface area contributed by atoms with Crippen LogP contribution in [0.15, 0.2) is 36.2 Å². The summed E-state index contributed by atoms with van der Waals surface area (Å²) < 4.78 is 0. The maximum Gasteiger partial charge on any atom is 0.103 e. The standard InChI is InChI=1S/C22H36N4/c1-4-18-10-6-7-11-21(25(3)22(18)23-2)24-19-12-14-20(15-13-19)26-16-8-5-9-17-26/h11-15,18,22-24H,4-10,16-17H2,1-3H3/b21-11-. The molecule has 1 fully saturated rings. The zero-order chi connectivity index (χ0) is 18.4. The number of anilines is 2. The average molecular weight is 357 g/mol. The van der Waals surface area contributed by atoms with E-state index in [0.29, 0.717) is 12.1 Å². The van der Waals surface area contributed by atoms with Crippen molar-refractivity contribution in [3.8, 4) is 0 Å². The molecule has 2 aliphatic rings. The Labute approximate surface area is 159 Å². The van der Waals surface area contributed by atoms with Crippen LogP contribution in [-0.4, -0.2) is 38.3 Å². The van der Waals surface area contributed by atoms with Gasteiger partial charge in [0.2, 0.25) is 0 Å². The molecule has 2 heterocycles. The Morgan fingerprint density at radius 1 is 1.04 bits per heavy atom. The first-order chi connectivity index (χ1) is 12.7. The minimum atomic E-state index is 0.381. The SMILES string of the molecule is CCC1CCC/C=C(/Nc2ccc(N3CCCCC3)cc2)N(C)C1NC. The summed E-state index contributed by atoms with van der Waals surface area (Å²) in [7, 11) is 4.28. The number of nitrogens with zero attached hydrogens (tertiary/aromatic N) is 2. The van der Waals surface area contributed by atoms with E-state index < -0.39 is 0 Å². The summed E-state index contributed by atoms with van der Waals surface area (Å²) in [5, 5.41) is 7.19. The van der Waals surface area contributed by atoms with E-state index in [-0.39, 0.29) is 0 Å². The van der Waals surface area contributed by atoms with E-state index >= 15 is 0 Å². The van der Waals surface area contributed by atoms with Crippen LogP contribution < -0.4 is 15.5 Å². The lowest BCUT2D eigenvalue weighted by atomic mass is 9.93. The van der Waals surface area contributed by atoms with Gasteiger partial charge >= 0.3 is 0 Å². The Balaban J connectivity index is 1.69. The van der Waals surface area contributed by atoms with Gasteiger partial charge < -0.3 is 20.4 Å². The predicted molar refractivity (Wildman–Crippen MR) is 112 cm³/mol. The number of rotatable bonds is 5. The maximum absolute atomic E-state index is 3.67. The molecule has 0 amide bonds. The normalized spacial score (nSPS) is 26.7. The summed E-state index contributed by atoms with van der Waals surface area (Å²) in [5.41, 5.74) is 2.53. The van der Waals surface area contributed by atoms with E-state index in [9.17, 15) is 0 Å². The summed E-state index contributed by atoms with van der Waals surface area (Å²) >= 11 is 0. The van der Waals surface area contributed by atoms with Crippen molar-refractivity contribution < 1.29 is 0 Å². The topological polar surface area (TPSA) is 30.5 Å². The molecule has 144 valence electrons. The van der Waals surface area contributed by atoms with Gasteiger partial charge in [-0.05, 0) is 81.8 Å².